The van der Waals surface area contributed by atoms with E-state index in [-0.39, 0.29) is 18.4 Å². The lowest BCUT2D eigenvalue weighted by atomic mass is 10.0. The number of sulfonamides is 1. The monoisotopic (exact) mass is 577 g/mol. The van der Waals surface area contributed by atoms with Crippen LogP contribution < -0.4 is 9.62 Å². The van der Waals surface area contributed by atoms with Gasteiger partial charge in [-0.1, -0.05) is 106 Å². The van der Waals surface area contributed by atoms with E-state index in [0.29, 0.717) is 18.7 Å². The van der Waals surface area contributed by atoms with Crippen molar-refractivity contribution in [3.63, 3.8) is 0 Å². The Bertz CT molecular complexity index is 1410. The first-order valence-electron chi connectivity index (χ1n) is 14.2. The van der Waals surface area contributed by atoms with Crippen molar-refractivity contribution >= 4 is 27.5 Å². The third-order valence-corrected chi connectivity index (χ3v) is 8.17. The van der Waals surface area contributed by atoms with E-state index in [2.05, 4.69) is 12.2 Å². The quantitative estimate of drug-likeness (QED) is 0.259. The fourth-order valence-electron chi connectivity index (χ4n) is 4.86. The Morgan fingerprint density at radius 1 is 0.902 bits per heavy atom. The van der Waals surface area contributed by atoms with Gasteiger partial charge in [0, 0.05) is 19.5 Å². The van der Waals surface area contributed by atoms with E-state index in [4.69, 9.17) is 0 Å². The lowest BCUT2D eigenvalue weighted by Gasteiger charge is -2.34. The molecule has 0 saturated carbocycles. The molecule has 1 N–H and O–H groups in total. The number of benzene rings is 3. The Kier molecular flexibility index (Phi) is 11.5. The zero-order valence-electron chi connectivity index (χ0n) is 24.8. The van der Waals surface area contributed by atoms with Gasteiger partial charge < -0.3 is 10.2 Å². The zero-order valence-corrected chi connectivity index (χ0v) is 25.7. The lowest BCUT2D eigenvalue weighted by Crippen LogP contribution is -2.53. The number of rotatable bonds is 14. The second-order valence-corrected chi connectivity index (χ2v) is 12.8. The average molecular weight is 578 g/mol. The van der Waals surface area contributed by atoms with E-state index in [1.807, 2.05) is 87.5 Å². The highest BCUT2D eigenvalue weighted by Crippen LogP contribution is 2.29. The highest BCUT2D eigenvalue weighted by molar-refractivity contribution is 7.92. The first-order chi connectivity index (χ1) is 19.5. The number of nitrogens with zero attached hydrogens (tertiary/aromatic N) is 2. The van der Waals surface area contributed by atoms with Gasteiger partial charge in [-0.2, -0.15) is 0 Å². The molecule has 0 bridgehead atoms. The van der Waals surface area contributed by atoms with Gasteiger partial charge in [0.25, 0.3) is 0 Å². The maximum Gasteiger partial charge on any atom is 0.244 e. The maximum atomic E-state index is 14.2. The molecule has 0 spiro atoms. The van der Waals surface area contributed by atoms with Crippen molar-refractivity contribution in [2.24, 2.45) is 0 Å². The SMILES string of the molecule is CCCCNC(=O)C(Cc1ccccc1)N(Cc1cccc(C)c1)C(=O)CN(c1ccccc1C(C)C)S(C)(=O)=O. The Hall–Kier alpha value is -3.65. The predicted molar refractivity (Wildman–Crippen MR) is 166 cm³/mol. The van der Waals surface area contributed by atoms with Crippen LogP contribution >= 0.6 is 0 Å². The van der Waals surface area contributed by atoms with Crippen LogP contribution in [0.2, 0.25) is 0 Å². The minimum absolute atomic E-state index is 0.0455. The van der Waals surface area contributed by atoms with Gasteiger partial charge in [0.15, 0.2) is 0 Å². The minimum Gasteiger partial charge on any atom is -0.354 e. The third-order valence-electron chi connectivity index (χ3n) is 7.04. The number of unbranched alkanes of at least 4 members (excludes halogenated alkanes) is 1. The topological polar surface area (TPSA) is 86.8 Å². The summed E-state index contributed by atoms with van der Waals surface area (Å²) in [7, 11) is -3.82. The molecule has 41 heavy (non-hydrogen) atoms. The van der Waals surface area contributed by atoms with Crippen LogP contribution in [0.3, 0.4) is 0 Å². The first kappa shape index (κ1) is 31.9. The van der Waals surface area contributed by atoms with Gasteiger partial charge in [0.2, 0.25) is 21.8 Å². The van der Waals surface area contributed by atoms with Crippen molar-refractivity contribution < 1.29 is 18.0 Å². The second kappa shape index (κ2) is 14.8. The van der Waals surface area contributed by atoms with Crippen LogP contribution in [0.1, 0.15) is 61.8 Å². The Balaban J connectivity index is 2.07. The number of para-hydroxylation sites is 1. The molecule has 0 aliphatic carbocycles. The fraction of sp³-hybridized carbons (Fsp3) is 0.394. The number of carbonyl (C=O) groups excluding carboxylic acids is 2. The lowest BCUT2D eigenvalue weighted by molar-refractivity contribution is -0.140. The highest BCUT2D eigenvalue weighted by Gasteiger charge is 2.33. The molecular formula is C33H43N3O4S. The van der Waals surface area contributed by atoms with Crippen molar-refractivity contribution in [2.75, 3.05) is 23.7 Å². The summed E-state index contributed by atoms with van der Waals surface area (Å²) >= 11 is 0. The summed E-state index contributed by atoms with van der Waals surface area (Å²) in [5.41, 5.74) is 4.11. The van der Waals surface area contributed by atoms with Crippen LogP contribution in [0, 0.1) is 6.92 Å². The molecule has 1 unspecified atom stereocenters. The summed E-state index contributed by atoms with van der Waals surface area (Å²) < 4.78 is 27.4. The van der Waals surface area contributed by atoms with E-state index in [1.54, 1.807) is 17.0 Å². The summed E-state index contributed by atoms with van der Waals surface area (Å²) in [6, 6.07) is 23.8. The number of amides is 2. The Labute approximate surface area is 245 Å². The van der Waals surface area contributed by atoms with E-state index >= 15 is 0 Å². The van der Waals surface area contributed by atoms with Crippen molar-refractivity contribution in [3.8, 4) is 0 Å². The van der Waals surface area contributed by atoms with Crippen molar-refractivity contribution in [2.45, 2.75) is 65.5 Å². The molecule has 2 amide bonds. The van der Waals surface area contributed by atoms with Crippen LogP contribution in [-0.2, 0) is 32.6 Å². The molecule has 1 atom stereocenters. The van der Waals surface area contributed by atoms with Crippen LogP contribution in [0.5, 0.6) is 0 Å². The molecule has 0 aliphatic heterocycles. The molecule has 7 nitrogen and oxygen atoms in total. The number of anilines is 1. The molecule has 220 valence electrons. The first-order valence-corrected chi connectivity index (χ1v) is 16.1. The number of hydrogen-bond donors (Lipinski definition) is 1. The molecule has 0 saturated heterocycles. The largest absolute Gasteiger partial charge is 0.354 e. The average Bonchev–Trinajstić information content (AvgIpc) is 2.93. The summed E-state index contributed by atoms with van der Waals surface area (Å²) in [5, 5.41) is 3.01. The van der Waals surface area contributed by atoms with Crippen molar-refractivity contribution in [3.05, 3.63) is 101 Å². The summed E-state index contributed by atoms with van der Waals surface area (Å²) in [4.78, 5) is 29.5. The van der Waals surface area contributed by atoms with Crippen molar-refractivity contribution in [1.82, 2.24) is 10.2 Å². The van der Waals surface area contributed by atoms with Crippen LogP contribution in [0.4, 0.5) is 5.69 Å². The summed E-state index contributed by atoms with van der Waals surface area (Å²) in [6.07, 6.45) is 3.16. The fourth-order valence-corrected chi connectivity index (χ4v) is 5.73. The zero-order chi connectivity index (χ0) is 30.0. The van der Waals surface area contributed by atoms with E-state index in [1.165, 1.54) is 4.31 Å². The number of nitrogens with one attached hydrogen (secondary N) is 1. The van der Waals surface area contributed by atoms with Crippen LogP contribution in [0.25, 0.3) is 0 Å². The van der Waals surface area contributed by atoms with Gasteiger partial charge in [-0.15, -0.1) is 0 Å². The van der Waals surface area contributed by atoms with Gasteiger partial charge in [0.1, 0.15) is 12.6 Å². The van der Waals surface area contributed by atoms with E-state index in [0.717, 1.165) is 41.4 Å². The molecule has 0 aliphatic rings. The summed E-state index contributed by atoms with van der Waals surface area (Å²) in [5.74, 6) is -0.650. The Morgan fingerprint density at radius 3 is 2.20 bits per heavy atom. The number of hydrogen-bond acceptors (Lipinski definition) is 4. The summed E-state index contributed by atoms with van der Waals surface area (Å²) in [6.45, 7) is 8.26. The third kappa shape index (κ3) is 9.18. The molecule has 8 heteroatoms. The van der Waals surface area contributed by atoms with Gasteiger partial charge in [0.05, 0.1) is 11.9 Å². The van der Waals surface area contributed by atoms with Crippen molar-refractivity contribution in [1.29, 1.82) is 0 Å². The molecule has 0 aromatic heterocycles. The molecule has 0 radical (unpaired) electrons. The van der Waals surface area contributed by atoms with Gasteiger partial charge in [-0.25, -0.2) is 8.42 Å². The minimum atomic E-state index is -3.82. The van der Waals surface area contributed by atoms with Gasteiger partial charge >= 0.3 is 0 Å². The normalized spacial score (nSPS) is 12.1. The molecular weight excluding hydrogens is 534 g/mol. The van der Waals surface area contributed by atoms with Crippen LogP contribution in [0.15, 0.2) is 78.9 Å². The molecule has 0 heterocycles. The predicted octanol–water partition coefficient (Wildman–Crippen LogP) is 5.44. The molecule has 3 rings (SSSR count). The van der Waals surface area contributed by atoms with Crippen LogP contribution in [-0.4, -0.2) is 50.5 Å². The molecule has 0 fully saturated rings. The number of carbonyl (C=O) groups is 2. The standard InChI is InChI=1S/C33H43N3O4S/c1-6-7-20-34-33(38)31(22-27-15-9-8-10-16-27)35(23-28-17-13-14-26(4)21-28)32(37)24-36(41(5,39)40)30-19-12-11-18-29(30)25(2)3/h8-19,21,25,31H,6-7,20,22-24H2,1-5H3,(H,34,38). The van der Waals surface area contributed by atoms with Gasteiger partial charge in [-0.3, -0.25) is 13.9 Å². The van der Waals surface area contributed by atoms with E-state index < -0.39 is 28.5 Å². The Morgan fingerprint density at radius 2 is 1.56 bits per heavy atom. The maximum absolute atomic E-state index is 14.2. The highest BCUT2D eigenvalue weighted by atomic mass is 32.2. The number of aryl methyl sites for hydroxylation is 1. The molecule has 3 aromatic rings. The second-order valence-electron chi connectivity index (χ2n) is 10.8. The smallest absolute Gasteiger partial charge is 0.244 e. The van der Waals surface area contributed by atoms with E-state index in [9.17, 15) is 18.0 Å². The van der Waals surface area contributed by atoms with Gasteiger partial charge in [-0.05, 0) is 42.0 Å². The molecule has 3 aromatic carbocycles.